The lowest BCUT2D eigenvalue weighted by Crippen LogP contribution is -1.96. The van der Waals surface area contributed by atoms with Crippen molar-refractivity contribution >= 4 is 19.7 Å². The minimum Gasteiger partial charge on any atom is -0.495 e. The second-order valence-electron chi connectivity index (χ2n) is 3.99. The van der Waals surface area contributed by atoms with Crippen LogP contribution in [0.3, 0.4) is 0 Å². The van der Waals surface area contributed by atoms with E-state index in [9.17, 15) is 8.42 Å². The number of nitrogens with zero attached hydrogens (tertiary/aromatic N) is 1. The first-order chi connectivity index (χ1) is 9.45. The van der Waals surface area contributed by atoms with Gasteiger partial charge in [-0.2, -0.15) is 5.26 Å². The van der Waals surface area contributed by atoms with Crippen molar-refractivity contribution in [2.45, 2.75) is 4.90 Å². The number of methoxy groups -OCH3 is 1. The zero-order valence-corrected chi connectivity index (χ0v) is 12.1. The van der Waals surface area contributed by atoms with Crippen LogP contribution in [0.5, 0.6) is 5.75 Å². The van der Waals surface area contributed by atoms with Gasteiger partial charge in [0.1, 0.15) is 10.6 Å². The molecule has 20 heavy (non-hydrogen) atoms. The molecule has 0 atom stereocenters. The number of rotatable bonds is 3. The Morgan fingerprint density at radius 3 is 2.20 bits per heavy atom. The molecule has 0 unspecified atom stereocenters. The highest BCUT2D eigenvalue weighted by Gasteiger charge is 2.17. The molecule has 0 heterocycles. The summed E-state index contributed by atoms with van der Waals surface area (Å²) in [7, 11) is 2.88. The molecule has 102 valence electrons. The molecule has 0 amide bonds. The van der Waals surface area contributed by atoms with Gasteiger partial charge < -0.3 is 4.74 Å². The van der Waals surface area contributed by atoms with Crippen molar-refractivity contribution in [1.29, 1.82) is 5.26 Å². The number of hydrogen-bond acceptors (Lipinski definition) is 4. The first kappa shape index (κ1) is 14.4. The van der Waals surface area contributed by atoms with Crippen molar-refractivity contribution in [1.82, 2.24) is 0 Å². The molecular formula is C14H10ClNO3S. The topological polar surface area (TPSA) is 67.2 Å². The number of benzene rings is 2. The third-order valence-electron chi connectivity index (χ3n) is 2.77. The van der Waals surface area contributed by atoms with Crippen LogP contribution in [0.2, 0.25) is 0 Å². The van der Waals surface area contributed by atoms with E-state index in [-0.39, 0.29) is 10.6 Å². The third kappa shape index (κ3) is 2.93. The van der Waals surface area contributed by atoms with Crippen LogP contribution in [-0.4, -0.2) is 15.5 Å². The van der Waals surface area contributed by atoms with Gasteiger partial charge in [-0.3, -0.25) is 0 Å². The van der Waals surface area contributed by atoms with Gasteiger partial charge in [0.05, 0.1) is 18.7 Å². The quantitative estimate of drug-likeness (QED) is 0.817. The zero-order chi connectivity index (χ0) is 14.8. The average molecular weight is 308 g/mol. The SMILES string of the molecule is COc1ccc(-c2ccc(C#N)cc2)cc1S(=O)(=O)Cl. The van der Waals surface area contributed by atoms with E-state index in [2.05, 4.69) is 0 Å². The molecule has 0 spiro atoms. The van der Waals surface area contributed by atoms with Gasteiger partial charge in [-0.25, -0.2) is 8.42 Å². The van der Waals surface area contributed by atoms with E-state index in [1.165, 1.54) is 13.2 Å². The summed E-state index contributed by atoms with van der Waals surface area (Å²) in [5.41, 5.74) is 2.00. The van der Waals surface area contributed by atoms with E-state index in [4.69, 9.17) is 20.7 Å². The maximum Gasteiger partial charge on any atom is 0.265 e. The van der Waals surface area contributed by atoms with Gasteiger partial charge in [-0.05, 0) is 35.4 Å². The molecule has 0 aliphatic rings. The summed E-state index contributed by atoms with van der Waals surface area (Å²) in [6.07, 6.45) is 0. The molecule has 0 aliphatic heterocycles. The van der Waals surface area contributed by atoms with Crippen molar-refractivity contribution in [3.8, 4) is 22.9 Å². The molecule has 0 aromatic heterocycles. The predicted octanol–water partition coefficient (Wildman–Crippen LogP) is 3.16. The molecule has 2 aromatic rings. The van der Waals surface area contributed by atoms with E-state index in [0.29, 0.717) is 11.1 Å². The summed E-state index contributed by atoms with van der Waals surface area (Å²) >= 11 is 0. The first-order valence-corrected chi connectivity index (χ1v) is 7.90. The van der Waals surface area contributed by atoms with Gasteiger partial charge in [0.25, 0.3) is 9.05 Å². The molecule has 0 N–H and O–H groups in total. The summed E-state index contributed by atoms with van der Waals surface area (Å²) < 4.78 is 28.1. The largest absolute Gasteiger partial charge is 0.495 e. The van der Waals surface area contributed by atoms with Gasteiger partial charge in [0.2, 0.25) is 0 Å². The molecule has 0 saturated heterocycles. The van der Waals surface area contributed by atoms with Crippen molar-refractivity contribution in [3.05, 3.63) is 48.0 Å². The number of ether oxygens (including phenoxy) is 1. The van der Waals surface area contributed by atoms with Crippen LogP contribution < -0.4 is 4.74 Å². The van der Waals surface area contributed by atoms with Gasteiger partial charge in [0.15, 0.2) is 0 Å². The molecule has 2 rings (SSSR count). The third-order valence-corrected chi connectivity index (χ3v) is 4.12. The highest BCUT2D eigenvalue weighted by atomic mass is 35.7. The number of halogens is 1. The molecule has 4 nitrogen and oxygen atoms in total. The lowest BCUT2D eigenvalue weighted by atomic mass is 10.0. The molecule has 0 aliphatic carbocycles. The van der Waals surface area contributed by atoms with E-state index in [1.54, 1.807) is 36.4 Å². The highest BCUT2D eigenvalue weighted by Crippen LogP contribution is 2.31. The van der Waals surface area contributed by atoms with Gasteiger partial charge in [-0.15, -0.1) is 0 Å². The Bertz CT molecular complexity index is 777. The van der Waals surface area contributed by atoms with E-state index >= 15 is 0 Å². The minimum absolute atomic E-state index is 0.0801. The van der Waals surface area contributed by atoms with Crippen LogP contribution in [0, 0.1) is 11.3 Å². The van der Waals surface area contributed by atoms with Crippen LogP contribution in [0.25, 0.3) is 11.1 Å². The Balaban J connectivity index is 2.56. The van der Waals surface area contributed by atoms with Crippen molar-refractivity contribution in [3.63, 3.8) is 0 Å². The van der Waals surface area contributed by atoms with Crippen LogP contribution >= 0.6 is 10.7 Å². The highest BCUT2D eigenvalue weighted by molar-refractivity contribution is 8.13. The van der Waals surface area contributed by atoms with Crippen molar-refractivity contribution in [2.75, 3.05) is 7.11 Å². The Labute approximate surface area is 121 Å². The maximum atomic E-state index is 11.5. The molecule has 0 bridgehead atoms. The molecule has 0 saturated carbocycles. The molecule has 2 aromatic carbocycles. The summed E-state index contributed by atoms with van der Waals surface area (Å²) in [5, 5.41) is 8.75. The van der Waals surface area contributed by atoms with Crippen molar-refractivity contribution in [2.24, 2.45) is 0 Å². The fraction of sp³-hybridized carbons (Fsp3) is 0.0714. The van der Waals surface area contributed by atoms with Crippen LogP contribution in [0.4, 0.5) is 0 Å². The zero-order valence-electron chi connectivity index (χ0n) is 10.5. The first-order valence-electron chi connectivity index (χ1n) is 5.59. The summed E-state index contributed by atoms with van der Waals surface area (Å²) in [4.78, 5) is -0.0801. The lowest BCUT2D eigenvalue weighted by Gasteiger charge is -2.08. The van der Waals surface area contributed by atoms with Gasteiger partial charge >= 0.3 is 0 Å². The number of hydrogen-bond donors (Lipinski definition) is 0. The van der Waals surface area contributed by atoms with Crippen molar-refractivity contribution < 1.29 is 13.2 Å². The molecular weight excluding hydrogens is 298 g/mol. The lowest BCUT2D eigenvalue weighted by molar-refractivity contribution is 0.403. The smallest absolute Gasteiger partial charge is 0.265 e. The molecule has 0 fully saturated rings. The summed E-state index contributed by atoms with van der Waals surface area (Å²) in [6.45, 7) is 0. The van der Waals surface area contributed by atoms with Crippen LogP contribution in [0.15, 0.2) is 47.4 Å². The molecule has 0 radical (unpaired) electrons. The Morgan fingerprint density at radius 2 is 1.70 bits per heavy atom. The molecule has 6 heteroatoms. The van der Waals surface area contributed by atoms with Crippen LogP contribution in [0.1, 0.15) is 5.56 Å². The standard InChI is InChI=1S/C14H10ClNO3S/c1-19-13-7-6-12(8-14(13)20(15,17)18)11-4-2-10(9-16)3-5-11/h2-8H,1H3. The predicted molar refractivity (Wildman–Crippen MR) is 76.2 cm³/mol. The second-order valence-corrected chi connectivity index (χ2v) is 6.53. The normalized spacial score (nSPS) is 10.8. The summed E-state index contributed by atoms with van der Waals surface area (Å²) in [6, 6.07) is 13.5. The number of nitriles is 1. The fourth-order valence-electron chi connectivity index (χ4n) is 1.78. The Morgan fingerprint density at radius 1 is 1.10 bits per heavy atom. The second kappa shape index (κ2) is 5.53. The van der Waals surface area contributed by atoms with Gasteiger partial charge in [-0.1, -0.05) is 18.2 Å². The maximum absolute atomic E-state index is 11.5. The van der Waals surface area contributed by atoms with E-state index in [1.807, 2.05) is 6.07 Å². The fourth-order valence-corrected chi connectivity index (χ4v) is 2.81. The van der Waals surface area contributed by atoms with Crippen LogP contribution in [-0.2, 0) is 9.05 Å². The monoisotopic (exact) mass is 307 g/mol. The minimum atomic E-state index is -3.89. The average Bonchev–Trinajstić information content (AvgIpc) is 2.46. The van der Waals surface area contributed by atoms with E-state index < -0.39 is 9.05 Å². The Hall–Kier alpha value is -2.03. The Kier molecular flexibility index (Phi) is 3.98. The summed E-state index contributed by atoms with van der Waals surface area (Å²) in [5.74, 6) is 0.192. The van der Waals surface area contributed by atoms with E-state index in [0.717, 1.165) is 5.56 Å². The van der Waals surface area contributed by atoms with Gasteiger partial charge in [0, 0.05) is 10.7 Å².